The summed E-state index contributed by atoms with van der Waals surface area (Å²) in [5, 5.41) is 13.2. The highest BCUT2D eigenvalue weighted by Crippen LogP contribution is 2.29. The molecule has 0 spiro atoms. The van der Waals surface area contributed by atoms with Gasteiger partial charge in [0.25, 0.3) is 5.91 Å². The number of ether oxygens (including phenoxy) is 1. The summed E-state index contributed by atoms with van der Waals surface area (Å²) in [6.07, 6.45) is 1.39. The minimum Gasteiger partial charge on any atom is -0.487 e. The maximum Gasteiger partial charge on any atom is 0.266 e. The fourth-order valence-corrected chi connectivity index (χ4v) is 3.27. The van der Waals surface area contributed by atoms with Gasteiger partial charge in [0.2, 0.25) is 0 Å². The van der Waals surface area contributed by atoms with E-state index in [1.165, 1.54) is 30.3 Å². The molecule has 3 aromatic carbocycles. The van der Waals surface area contributed by atoms with E-state index in [1.807, 2.05) is 6.07 Å². The van der Waals surface area contributed by atoms with Crippen LogP contribution < -0.4 is 10.1 Å². The van der Waals surface area contributed by atoms with Crippen LogP contribution in [-0.2, 0) is 11.4 Å². The first kappa shape index (κ1) is 22.6. The van der Waals surface area contributed by atoms with Crippen molar-refractivity contribution in [2.45, 2.75) is 6.61 Å². The van der Waals surface area contributed by atoms with Crippen LogP contribution in [-0.4, -0.2) is 5.91 Å². The molecule has 1 amide bonds. The highest BCUT2D eigenvalue weighted by atomic mass is 35.5. The summed E-state index contributed by atoms with van der Waals surface area (Å²) in [5.41, 5.74) is 1.51. The third kappa shape index (κ3) is 6.22. The maximum absolute atomic E-state index is 13.0. The van der Waals surface area contributed by atoms with Crippen LogP contribution in [0, 0.1) is 17.1 Å². The second-order valence-electron chi connectivity index (χ2n) is 6.35. The van der Waals surface area contributed by atoms with E-state index >= 15 is 0 Å². The van der Waals surface area contributed by atoms with Gasteiger partial charge in [-0.2, -0.15) is 5.26 Å². The number of nitrogens with one attached hydrogen (secondary N) is 1. The van der Waals surface area contributed by atoms with Crippen molar-refractivity contribution in [2.24, 2.45) is 0 Å². The zero-order chi connectivity index (χ0) is 22.4. The fourth-order valence-electron chi connectivity index (χ4n) is 2.57. The van der Waals surface area contributed by atoms with Gasteiger partial charge in [-0.1, -0.05) is 46.9 Å². The lowest BCUT2D eigenvalue weighted by molar-refractivity contribution is -0.112. The van der Waals surface area contributed by atoms with E-state index in [0.717, 1.165) is 5.56 Å². The lowest BCUT2D eigenvalue weighted by Crippen LogP contribution is -2.13. The molecule has 3 rings (SSSR count). The molecule has 0 fully saturated rings. The second-order valence-corrected chi connectivity index (χ2v) is 7.60. The van der Waals surface area contributed by atoms with Gasteiger partial charge < -0.3 is 10.1 Å². The van der Waals surface area contributed by atoms with Crippen LogP contribution in [0.1, 0.15) is 11.1 Å². The number of hydrogen-bond donors (Lipinski definition) is 1. The number of hydrogen-bond acceptors (Lipinski definition) is 3. The molecule has 0 bridgehead atoms. The number of nitrogens with zero attached hydrogens (tertiary/aromatic N) is 1. The number of rotatable bonds is 6. The first-order valence-corrected chi connectivity index (χ1v) is 10.0. The quantitative estimate of drug-likeness (QED) is 0.311. The smallest absolute Gasteiger partial charge is 0.266 e. The van der Waals surface area contributed by atoms with Gasteiger partial charge in [0.1, 0.15) is 29.8 Å². The first-order chi connectivity index (χ1) is 14.9. The molecular formula is C23H14Cl3FN2O2. The molecule has 0 aliphatic heterocycles. The Hall–Kier alpha value is -3.04. The normalized spacial score (nSPS) is 11.0. The Labute approximate surface area is 193 Å². The molecule has 4 nitrogen and oxygen atoms in total. The number of anilines is 1. The van der Waals surface area contributed by atoms with Crippen LogP contribution in [0.4, 0.5) is 10.1 Å². The molecule has 1 N–H and O–H groups in total. The van der Waals surface area contributed by atoms with E-state index in [9.17, 15) is 14.4 Å². The molecule has 156 valence electrons. The molecule has 0 atom stereocenters. The molecule has 0 unspecified atom stereocenters. The summed E-state index contributed by atoms with van der Waals surface area (Å²) in [7, 11) is 0. The summed E-state index contributed by atoms with van der Waals surface area (Å²) < 4.78 is 18.7. The van der Waals surface area contributed by atoms with E-state index in [2.05, 4.69) is 5.32 Å². The number of amides is 1. The topological polar surface area (TPSA) is 62.1 Å². The molecule has 8 heteroatoms. The predicted octanol–water partition coefficient (Wildman–Crippen LogP) is 6.91. The highest BCUT2D eigenvalue weighted by molar-refractivity contribution is 6.35. The van der Waals surface area contributed by atoms with Gasteiger partial charge in [0, 0.05) is 21.3 Å². The van der Waals surface area contributed by atoms with Crippen LogP contribution in [0.3, 0.4) is 0 Å². The maximum atomic E-state index is 13.0. The van der Waals surface area contributed by atoms with Crippen molar-refractivity contribution in [1.82, 2.24) is 0 Å². The number of benzene rings is 3. The van der Waals surface area contributed by atoms with E-state index in [0.29, 0.717) is 32.1 Å². The molecule has 0 saturated heterocycles. The van der Waals surface area contributed by atoms with Crippen molar-refractivity contribution < 1.29 is 13.9 Å². The van der Waals surface area contributed by atoms with Crippen LogP contribution in [0.2, 0.25) is 15.1 Å². The van der Waals surface area contributed by atoms with Gasteiger partial charge in [0.15, 0.2) is 0 Å². The minimum absolute atomic E-state index is 0.137. The molecule has 0 aliphatic rings. The van der Waals surface area contributed by atoms with E-state index in [-0.39, 0.29) is 12.2 Å². The van der Waals surface area contributed by atoms with Crippen LogP contribution in [0.25, 0.3) is 6.08 Å². The first-order valence-electron chi connectivity index (χ1n) is 8.90. The molecule has 0 aromatic heterocycles. The lowest BCUT2D eigenvalue weighted by Gasteiger charge is -2.10. The number of halogens is 4. The van der Waals surface area contributed by atoms with Crippen molar-refractivity contribution in [1.29, 1.82) is 5.26 Å². The van der Waals surface area contributed by atoms with Gasteiger partial charge in [-0.05, 0) is 60.2 Å². The van der Waals surface area contributed by atoms with Gasteiger partial charge >= 0.3 is 0 Å². The summed E-state index contributed by atoms with van der Waals surface area (Å²) >= 11 is 18.3. The molecule has 0 radical (unpaired) electrons. The van der Waals surface area contributed by atoms with E-state index in [1.54, 1.807) is 36.4 Å². The largest absolute Gasteiger partial charge is 0.487 e. The fraction of sp³-hybridized carbons (Fsp3) is 0.0435. The molecule has 31 heavy (non-hydrogen) atoms. The van der Waals surface area contributed by atoms with Crippen LogP contribution in [0.5, 0.6) is 5.75 Å². The third-order valence-corrected chi connectivity index (χ3v) is 5.01. The SMILES string of the molecule is N#C/C(=C\c1ccc(OCc2ccc(Cl)cc2Cl)c(Cl)c1)C(=O)Nc1ccc(F)cc1. The summed E-state index contributed by atoms with van der Waals surface area (Å²) in [4.78, 5) is 12.3. The number of nitriles is 1. The Morgan fingerprint density at radius 3 is 2.42 bits per heavy atom. The minimum atomic E-state index is -0.622. The van der Waals surface area contributed by atoms with Crippen molar-refractivity contribution >= 4 is 52.5 Å². The predicted molar refractivity (Wildman–Crippen MR) is 121 cm³/mol. The van der Waals surface area contributed by atoms with E-state index in [4.69, 9.17) is 39.5 Å². The standard InChI is InChI=1S/C23H14Cl3FN2O2/c24-17-3-2-15(20(25)11-17)13-31-22-8-1-14(10-21(22)26)9-16(12-28)23(30)29-19-6-4-18(27)5-7-19/h1-11H,13H2,(H,29,30)/b16-9+. The van der Waals surface area contributed by atoms with Gasteiger partial charge in [-0.3, -0.25) is 4.79 Å². The highest BCUT2D eigenvalue weighted by Gasteiger charge is 2.11. The monoisotopic (exact) mass is 474 g/mol. The van der Waals surface area contributed by atoms with Gasteiger partial charge in [0.05, 0.1) is 5.02 Å². The third-order valence-electron chi connectivity index (χ3n) is 4.13. The van der Waals surface area contributed by atoms with Gasteiger partial charge in [-0.15, -0.1) is 0 Å². The molecule has 3 aromatic rings. The number of carbonyl (C=O) groups excluding carboxylic acids is 1. The van der Waals surface area contributed by atoms with Gasteiger partial charge in [-0.25, -0.2) is 4.39 Å². The molecular weight excluding hydrogens is 462 g/mol. The molecule has 0 aliphatic carbocycles. The lowest BCUT2D eigenvalue weighted by atomic mass is 10.1. The average Bonchev–Trinajstić information content (AvgIpc) is 2.74. The zero-order valence-electron chi connectivity index (χ0n) is 15.8. The van der Waals surface area contributed by atoms with Crippen LogP contribution in [0.15, 0.2) is 66.2 Å². The van der Waals surface area contributed by atoms with Crippen molar-refractivity contribution in [2.75, 3.05) is 5.32 Å². The Balaban J connectivity index is 1.71. The summed E-state index contributed by atoms with van der Waals surface area (Å²) in [6, 6.07) is 17.0. The van der Waals surface area contributed by atoms with Crippen molar-refractivity contribution in [3.05, 3.63) is 98.2 Å². The van der Waals surface area contributed by atoms with Crippen molar-refractivity contribution in [3.8, 4) is 11.8 Å². The van der Waals surface area contributed by atoms with E-state index < -0.39 is 11.7 Å². The van der Waals surface area contributed by atoms with Crippen LogP contribution >= 0.6 is 34.8 Å². The van der Waals surface area contributed by atoms with Crippen molar-refractivity contribution in [3.63, 3.8) is 0 Å². The summed E-state index contributed by atoms with van der Waals surface area (Å²) in [5.74, 6) is -0.633. The average molecular weight is 476 g/mol. The Bertz CT molecular complexity index is 1190. The number of carbonyl (C=O) groups is 1. The molecule has 0 heterocycles. The summed E-state index contributed by atoms with van der Waals surface area (Å²) in [6.45, 7) is 0.189. The zero-order valence-corrected chi connectivity index (χ0v) is 18.1. The second kappa shape index (κ2) is 10.3. The molecule has 0 saturated carbocycles. The Kier molecular flexibility index (Phi) is 7.54. The Morgan fingerprint density at radius 1 is 1.03 bits per heavy atom. The Morgan fingerprint density at radius 2 is 1.77 bits per heavy atom.